The first-order valence-electron chi connectivity index (χ1n) is 4.73. The summed E-state index contributed by atoms with van der Waals surface area (Å²) in [4.78, 5) is 10.8. The van der Waals surface area contributed by atoms with Crippen LogP contribution in [-0.4, -0.2) is 5.97 Å². The van der Waals surface area contributed by atoms with E-state index in [1.807, 2.05) is 19.9 Å². The van der Waals surface area contributed by atoms with Crippen LogP contribution in [0.25, 0.3) is 0 Å². The Morgan fingerprint density at radius 3 is 2.71 bits per heavy atom. The van der Waals surface area contributed by atoms with Crippen molar-refractivity contribution in [3.05, 3.63) is 35.6 Å². The van der Waals surface area contributed by atoms with Crippen LogP contribution in [0.2, 0.25) is 0 Å². The van der Waals surface area contributed by atoms with Gasteiger partial charge in [0.25, 0.3) is 0 Å². The number of carbonyl (C=O) groups is 1. The standard InChI is InChI=1S/C12H16O2/c1-8(2)11-6-5-9(3)12(7-11)14-10(4)13/h5,7,11H,1,6H2,2-4H3. The fourth-order valence-corrected chi connectivity index (χ4v) is 1.40. The van der Waals surface area contributed by atoms with Crippen molar-refractivity contribution in [1.82, 2.24) is 0 Å². The van der Waals surface area contributed by atoms with E-state index < -0.39 is 0 Å². The highest BCUT2D eigenvalue weighted by Crippen LogP contribution is 2.27. The van der Waals surface area contributed by atoms with Crippen LogP contribution in [0.5, 0.6) is 0 Å². The monoisotopic (exact) mass is 192 g/mol. The van der Waals surface area contributed by atoms with Crippen molar-refractivity contribution >= 4 is 5.97 Å². The molecule has 0 N–H and O–H groups in total. The van der Waals surface area contributed by atoms with E-state index >= 15 is 0 Å². The fraction of sp³-hybridized carbons (Fsp3) is 0.417. The smallest absolute Gasteiger partial charge is 0.308 e. The third kappa shape index (κ3) is 2.59. The minimum Gasteiger partial charge on any atom is -0.427 e. The van der Waals surface area contributed by atoms with Crippen LogP contribution in [0.4, 0.5) is 0 Å². The molecule has 0 aliphatic heterocycles. The van der Waals surface area contributed by atoms with Gasteiger partial charge < -0.3 is 4.74 Å². The summed E-state index contributed by atoms with van der Waals surface area (Å²) in [5, 5.41) is 0. The number of hydrogen-bond donors (Lipinski definition) is 0. The van der Waals surface area contributed by atoms with Crippen LogP contribution >= 0.6 is 0 Å². The average molecular weight is 192 g/mol. The predicted octanol–water partition coefficient (Wildman–Crippen LogP) is 2.98. The molecule has 1 aliphatic rings. The highest BCUT2D eigenvalue weighted by atomic mass is 16.5. The molecule has 76 valence electrons. The fourth-order valence-electron chi connectivity index (χ4n) is 1.40. The van der Waals surface area contributed by atoms with Gasteiger partial charge in [0.05, 0.1) is 0 Å². The predicted molar refractivity (Wildman–Crippen MR) is 56.5 cm³/mol. The second-order valence-corrected chi connectivity index (χ2v) is 3.70. The van der Waals surface area contributed by atoms with Gasteiger partial charge in [0.15, 0.2) is 0 Å². The van der Waals surface area contributed by atoms with Crippen LogP contribution in [0.1, 0.15) is 27.2 Å². The molecule has 0 aromatic rings. The van der Waals surface area contributed by atoms with Crippen LogP contribution in [0.15, 0.2) is 35.6 Å². The Labute approximate surface area is 85.0 Å². The molecule has 0 radical (unpaired) electrons. The first kappa shape index (κ1) is 10.8. The van der Waals surface area contributed by atoms with Crippen molar-refractivity contribution in [3.8, 4) is 0 Å². The van der Waals surface area contributed by atoms with Gasteiger partial charge in [-0.05, 0) is 31.9 Å². The highest BCUT2D eigenvalue weighted by molar-refractivity contribution is 5.68. The summed E-state index contributed by atoms with van der Waals surface area (Å²) in [6, 6.07) is 0. The van der Waals surface area contributed by atoms with Crippen molar-refractivity contribution in [2.24, 2.45) is 5.92 Å². The van der Waals surface area contributed by atoms with E-state index in [-0.39, 0.29) is 5.97 Å². The van der Waals surface area contributed by atoms with Crippen LogP contribution in [-0.2, 0) is 9.53 Å². The number of hydrogen-bond acceptors (Lipinski definition) is 2. The van der Waals surface area contributed by atoms with Gasteiger partial charge >= 0.3 is 5.97 Å². The van der Waals surface area contributed by atoms with Crippen LogP contribution in [0.3, 0.4) is 0 Å². The number of ether oxygens (including phenoxy) is 1. The Kier molecular flexibility index (Phi) is 3.28. The molecular weight excluding hydrogens is 176 g/mol. The summed E-state index contributed by atoms with van der Waals surface area (Å²) in [7, 11) is 0. The second kappa shape index (κ2) is 4.27. The first-order chi connectivity index (χ1) is 6.50. The second-order valence-electron chi connectivity index (χ2n) is 3.70. The molecule has 0 saturated heterocycles. The van der Waals surface area contributed by atoms with E-state index in [1.54, 1.807) is 0 Å². The maximum Gasteiger partial charge on any atom is 0.308 e. The van der Waals surface area contributed by atoms with Crippen LogP contribution < -0.4 is 0 Å². The molecule has 0 aromatic heterocycles. The van der Waals surface area contributed by atoms with Crippen LogP contribution in [0, 0.1) is 5.92 Å². The summed E-state index contributed by atoms with van der Waals surface area (Å²) in [6.07, 6.45) is 5.00. The molecule has 14 heavy (non-hydrogen) atoms. The number of esters is 1. The van der Waals surface area contributed by atoms with E-state index in [0.29, 0.717) is 11.7 Å². The molecule has 0 fully saturated rings. The third-order valence-corrected chi connectivity index (χ3v) is 2.31. The topological polar surface area (TPSA) is 26.3 Å². The number of allylic oxidation sites excluding steroid dienone is 4. The van der Waals surface area contributed by atoms with Crippen molar-refractivity contribution in [2.75, 3.05) is 0 Å². The summed E-state index contributed by atoms with van der Waals surface area (Å²) in [5.41, 5.74) is 2.12. The summed E-state index contributed by atoms with van der Waals surface area (Å²) >= 11 is 0. The Bertz CT molecular complexity index is 321. The molecule has 1 aliphatic carbocycles. The lowest BCUT2D eigenvalue weighted by molar-refractivity contribution is -0.136. The maximum absolute atomic E-state index is 10.8. The Balaban J connectivity index is 2.82. The van der Waals surface area contributed by atoms with E-state index in [4.69, 9.17) is 4.74 Å². The SMILES string of the molecule is C=C(C)C1C=C(OC(C)=O)C(C)=CC1. The lowest BCUT2D eigenvalue weighted by Crippen LogP contribution is -2.08. The first-order valence-corrected chi connectivity index (χ1v) is 4.73. The molecule has 0 heterocycles. The van der Waals surface area contributed by atoms with Gasteiger partial charge in [-0.15, -0.1) is 0 Å². The molecule has 2 heteroatoms. The largest absolute Gasteiger partial charge is 0.427 e. The molecular formula is C12H16O2. The summed E-state index contributed by atoms with van der Waals surface area (Å²) in [6.45, 7) is 9.25. The van der Waals surface area contributed by atoms with Gasteiger partial charge in [-0.25, -0.2) is 0 Å². The van der Waals surface area contributed by atoms with E-state index in [9.17, 15) is 4.79 Å². The molecule has 0 saturated carbocycles. The van der Waals surface area contributed by atoms with Crippen molar-refractivity contribution in [3.63, 3.8) is 0 Å². The Hall–Kier alpha value is -1.31. The van der Waals surface area contributed by atoms with Gasteiger partial charge in [-0.3, -0.25) is 4.79 Å². The van der Waals surface area contributed by atoms with E-state index in [2.05, 4.69) is 12.7 Å². The van der Waals surface area contributed by atoms with Gasteiger partial charge in [-0.1, -0.05) is 18.2 Å². The highest BCUT2D eigenvalue weighted by Gasteiger charge is 2.15. The zero-order valence-corrected chi connectivity index (χ0v) is 8.96. The van der Waals surface area contributed by atoms with Crippen molar-refractivity contribution in [1.29, 1.82) is 0 Å². The molecule has 0 spiro atoms. The summed E-state index contributed by atoms with van der Waals surface area (Å²) < 4.78 is 5.10. The van der Waals surface area contributed by atoms with Gasteiger partial charge in [0.1, 0.15) is 5.76 Å². The van der Waals surface area contributed by atoms with Crippen molar-refractivity contribution < 1.29 is 9.53 Å². The molecule has 1 rings (SSSR count). The quantitative estimate of drug-likeness (QED) is 0.496. The normalized spacial score (nSPS) is 20.9. The van der Waals surface area contributed by atoms with Gasteiger partial charge in [0, 0.05) is 12.8 Å². The molecule has 1 unspecified atom stereocenters. The maximum atomic E-state index is 10.8. The Morgan fingerprint density at radius 2 is 2.21 bits per heavy atom. The number of rotatable bonds is 2. The average Bonchev–Trinajstić information content (AvgIpc) is 2.07. The summed E-state index contributed by atoms with van der Waals surface area (Å²) in [5.74, 6) is 0.705. The van der Waals surface area contributed by atoms with Gasteiger partial charge in [0.2, 0.25) is 0 Å². The molecule has 0 aromatic carbocycles. The molecule has 2 nitrogen and oxygen atoms in total. The minimum atomic E-state index is -0.272. The zero-order valence-electron chi connectivity index (χ0n) is 8.96. The number of carbonyl (C=O) groups excluding carboxylic acids is 1. The molecule has 1 atom stereocenters. The Morgan fingerprint density at radius 1 is 1.57 bits per heavy atom. The van der Waals surface area contributed by atoms with E-state index in [0.717, 1.165) is 17.6 Å². The minimum absolute atomic E-state index is 0.272. The third-order valence-electron chi connectivity index (χ3n) is 2.31. The van der Waals surface area contributed by atoms with Crippen molar-refractivity contribution in [2.45, 2.75) is 27.2 Å². The van der Waals surface area contributed by atoms with Gasteiger partial charge in [-0.2, -0.15) is 0 Å². The molecule has 0 amide bonds. The molecule has 0 bridgehead atoms. The lowest BCUT2D eigenvalue weighted by Gasteiger charge is -2.19. The van der Waals surface area contributed by atoms with E-state index in [1.165, 1.54) is 6.92 Å². The zero-order chi connectivity index (χ0) is 10.7. The lowest BCUT2D eigenvalue weighted by atomic mass is 9.91.